The number of hydrogen-bond acceptors (Lipinski definition) is 4. The van der Waals surface area contributed by atoms with Crippen LogP contribution in [0.4, 0.5) is 5.69 Å². The first-order valence-electron chi connectivity index (χ1n) is 8.61. The zero-order valence-electron chi connectivity index (χ0n) is 14.8. The van der Waals surface area contributed by atoms with E-state index in [1.165, 1.54) is 6.26 Å². The SMILES string of the molecule is Cc1cc(N2C[C@@H](C(=O)NCCNC(=O)c3ccco3)CC2=O)ccc1Br. The van der Waals surface area contributed by atoms with Crippen molar-refractivity contribution in [2.75, 3.05) is 24.5 Å². The van der Waals surface area contributed by atoms with Crippen molar-refractivity contribution in [2.24, 2.45) is 5.92 Å². The lowest BCUT2D eigenvalue weighted by molar-refractivity contribution is -0.126. The zero-order valence-corrected chi connectivity index (χ0v) is 16.4. The summed E-state index contributed by atoms with van der Waals surface area (Å²) >= 11 is 3.44. The van der Waals surface area contributed by atoms with Gasteiger partial charge in [0, 0.05) is 36.2 Å². The highest BCUT2D eigenvalue weighted by atomic mass is 79.9. The van der Waals surface area contributed by atoms with Crippen molar-refractivity contribution in [3.05, 3.63) is 52.4 Å². The normalized spacial score (nSPS) is 16.4. The van der Waals surface area contributed by atoms with E-state index in [0.717, 1.165) is 15.7 Å². The average molecular weight is 434 g/mol. The van der Waals surface area contributed by atoms with Gasteiger partial charge in [0.15, 0.2) is 5.76 Å². The Morgan fingerprint density at radius 1 is 1.26 bits per heavy atom. The molecule has 1 aromatic heterocycles. The summed E-state index contributed by atoms with van der Waals surface area (Å²) in [5.74, 6) is -0.762. The Bertz CT molecular complexity index is 851. The quantitative estimate of drug-likeness (QED) is 0.683. The van der Waals surface area contributed by atoms with E-state index in [4.69, 9.17) is 4.42 Å². The minimum atomic E-state index is -0.401. The summed E-state index contributed by atoms with van der Waals surface area (Å²) in [5.41, 5.74) is 1.82. The number of carbonyl (C=O) groups excluding carboxylic acids is 3. The molecule has 1 atom stereocenters. The lowest BCUT2D eigenvalue weighted by atomic mass is 10.1. The minimum absolute atomic E-state index is 0.0667. The first-order chi connectivity index (χ1) is 13.0. The monoisotopic (exact) mass is 433 g/mol. The smallest absolute Gasteiger partial charge is 0.287 e. The van der Waals surface area contributed by atoms with Crippen LogP contribution in [-0.4, -0.2) is 37.4 Å². The van der Waals surface area contributed by atoms with Crippen LogP contribution in [0.5, 0.6) is 0 Å². The second kappa shape index (κ2) is 8.39. The third-order valence-corrected chi connectivity index (χ3v) is 5.29. The van der Waals surface area contributed by atoms with Crippen molar-refractivity contribution in [1.82, 2.24) is 10.6 Å². The van der Waals surface area contributed by atoms with Gasteiger partial charge >= 0.3 is 0 Å². The van der Waals surface area contributed by atoms with E-state index in [9.17, 15) is 14.4 Å². The summed E-state index contributed by atoms with van der Waals surface area (Å²) < 4.78 is 5.97. The van der Waals surface area contributed by atoms with Gasteiger partial charge in [-0.25, -0.2) is 0 Å². The standard InChI is InChI=1S/C19H20BrN3O4/c1-12-9-14(4-5-15(12)20)23-11-13(10-17(23)24)18(25)21-6-7-22-19(26)16-3-2-8-27-16/h2-5,8-9,13H,6-7,10-11H2,1H3,(H,21,25)(H,22,26)/t13-/m0/s1. The number of aryl methyl sites for hydroxylation is 1. The number of nitrogens with zero attached hydrogens (tertiary/aromatic N) is 1. The summed E-state index contributed by atoms with van der Waals surface area (Å²) in [5, 5.41) is 5.42. The molecule has 7 nitrogen and oxygen atoms in total. The van der Waals surface area contributed by atoms with Crippen LogP contribution in [-0.2, 0) is 9.59 Å². The molecule has 0 bridgehead atoms. The van der Waals surface area contributed by atoms with Gasteiger partial charge in [-0.05, 0) is 42.8 Å². The van der Waals surface area contributed by atoms with Crippen molar-refractivity contribution in [3.8, 4) is 0 Å². The fourth-order valence-electron chi connectivity index (χ4n) is 2.93. The summed E-state index contributed by atoms with van der Waals surface area (Å²) in [6.45, 7) is 2.87. The number of anilines is 1. The number of rotatable bonds is 6. The molecule has 142 valence electrons. The van der Waals surface area contributed by atoms with E-state index >= 15 is 0 Å². The van der Waals surface area contributed by atoms with E-state index in [0.29, 0.717) is 6.54 Å². The van der Waals surface area contributed by atoms with Crippen LogP contribution in [0, 0.1) is 12.8 Å². The molecule has 0 aliphatic carbocycles. The second-order valence-electron chi connectivity index (χ2n) is 6.36. The predicted octanol–water partition coefficient (Wildman–Crippen LogP) is 2.25. The zero-order chi connectivity index (χ0) is 19.4. The largest absolute Gasteiger partial charge is 0.459 e. The van der Waals surface area contributed by atoms with Gasteiger partial charge in [-0.15, -0.1) is 0 Å². The minimum Gasteiger partial charge on any atom is -0.459 e. The van der Waals surface area contributed by atoms with Crippen LogP contribution in [0.2, 0.25) is 0 Å². The molecule has 3 amide bonds. The van der Waals surface area contributed by atoms with Gasteiger partial charge in [0.25, 0.3) is 5.91 Å². The van der Waals surface area contributed by atoms with E-state index in [-0.39, 0.29) is 43.0 Å². The molecule has 8 heteroatoms. The molecule has 2 N–H and O–H groups in total. The molecule has 1 aliphatic heterocycles. The van der Waals surface area contributed by atoms with Gasteiger partial charge in [0.05, 0.1) is 12.2 Å². The van der Waals surface area contributed by atoms with Crippen molar-refractivity contribution < 1.29 is 18.8 Å². The van der Waals surface area contributed by atoms with E-state index in [1.807, 2.05) is 25.1 Å². The Balaban J connectivity index is 1.47. The molecular formula is C19H20BrN3O4. The van der Waals surface area contributed by atoms with Gasteiger partial charge in [0.2, 0.25) is 11.8 Å². The molecule has 3 rings (SSSR count). The molecule has 0 spiro atoms. The Labute approximate surface area is 165 Å². The number of benzene rings is 1. The van der Waals surface area contributed by atoms with Gasteiger partial charge in [-0.3, -0.25) is 14.4 Å². The van der Waals surface area contributed by atoms with Crippen LogP contribution in [0.1, 0.15) is 22.5 Å². The summed E-state index contributed by atoms with van der Waals surface area (Å²) in [6.07, 6.45) is 1.60. The maximum Gasteiger partial charge on any atom is 0.287 e. The van der Waals surface area contributed by atoms with E-state index in [1.54, 1.807) is 17.0 Å². The lowest BCUT2D eigenvalue weighted by Gasteiger charge is -2.17. The number of hydrogen-bond donors (Lipinski definition) is 2. The average Bonchev–Trinajstić information content (AvgIpc) is 3.30. The number of halogens is 1. The third kappa shape index (κ3) is 4.57. The Kier molecular flexibility index (Phi) is 5.95. The fraction of sp³-hybridized carbons (Fsp3) is 0.316. The molecule has 0 saturated carbocycles. The molecule has 1 saturated heterocycles. The highest BCUT2D eigenvalue weighted by Crippen LogP contribution is 2.28. The molecule has 2 aromatic rings. The third-order valence-electron chi connectivity index (χ3n) is 4.40. The van der Waals surface area contributed by atoms with Crippen molar-refractivity contribution in [2.45, 2.75) is 13.3 Å². The lowest BCUT2D eigenvalue weighted by Crippen LogP contribution is -2.38. The van der Waals surface area contributed by atoms with E-state index in [2.05, 4.69) is 26.6 Å². The number of amides is 3. The maximum absolute atomic E-state index is 12.3. The molecule has 1 aromatic carbocycles. The highest BCUT2D eigenvalue weighted by molar-refractivity contribution is 9.10. The van der Waals surface area contributed by atoms with Crippen LogP contribution >= 0.6 is 15.9 Å². The summed E-state index contributed by atoms with van der Waals surface area (Å²) in [4.78, 5) is 38.0. The molecular weight excluding hydrogens is 414 g/mol. The van der Waals surface area contributed by atoms with Crippen molar-refractivity contribution >= 4 is 39.3 Å². The molecule has 0 radical (unpaired) electrons. The predicted molar refractivity (Wildman–Crippen MR) is 103 cm³/mol. The van der Waals surface area contributed by atoms with Gasteiger partial charge < -0.3 is 20.0 Å². The second-order valence-corrected chi connectivity index (χ2v) is 7.22. The molecule has 2 heterocycles. The molecule has 27 heavy (non-hydrogen) atoms. The summed E-state index contributed by atoms with van der Waals surface area (Å²) in [6, 6.07) is 8.88. The van der Waals surface area contributed by atoms with Gasteiger partial charge in [0.1, 0.15) is 0 Å². The topological polar surface area (TPSA) is 91.7 Å². The Hall–Kier alpha value is -2.61. The number of nitrogens with one attached hydrogen (secondary N) is 2. The summed E-state index contributed by atoms with van der Waals surface area (Å²) in [7, 11) is 0. The van der Waals surface area contributed by atoms with Crippen LogP contribution < -0.4 is 15.5 Å². The molecule has 1 aliphatic rings. The van der Waals surface area contributed by atoms with Gasteiger partial charge in [-0.2, -0.15) is 0 Å². The van der Waals surface area contributed by atoms with Gasteiger partial charge in [-0.1, -0.05) is 15.9 Å². The first kappa shape index (κ1) is 19.2. The van der Waals surface area contributed by atoms with Crippen molar-refractivity contribution in [1.29, 1.82) is 0 Å². The van der Waals surface area contributed by atoms with Crippen LogP contribution in [0.25, 0.3) is 0 Å². The maximum atomic E-state index is 12.3. The first-order valence-corrected chi connectivity index (χ1v) is 9.41. The van der Waals surface area contributed by atoms with E-state index < -0.39 is 5.92 Å². The van der Waals surface area contributed by atoms with Crippen LogP contribution in [0.3, 0.4) is 0 Å². The Morgan fingerprint density at radius 2 is 2.04 bits per heavy atom. The highest BCUT2D eigenvalue weighted by Gasteiger charge is 2.35. The number of carbonyl (C=O) groups is 3. The van der Waals surface area contributed by atoms with Crippen molar-refractivity contribution in [3.63, 3.8) is 0 Å². The molecule has 0 unspecified atom stereocenters. The van der Waals surface area contributed by atoms with Crippen LogP contribution in [0.15, 0.2) is 45.5 Å². The Morgan fingerprint density at radius 3 is 2.74 bits per heavy atom. The number of furan rings is 1. The molecule has 1 fully saturated rings. The fourth-order valence-corrected chi connectivity index (χ4v) is 3.18.